The first-order chi connectivity index (χ1) is 9.41. The Kier molecular flexibility index (Phi) is 4.68. The van der Waals surface area contributed by atoms with Gasteiger partial charge in [0.1, 0.15) is 0 Å². The molecule has 0 radical (unpaired) electrons. The van der Waals surface area contributed by atoms with Crippen LogP contribution in [0.3, 0.4) is 0 Å². The second-order valence-electron chi connectivity index (χ2n) is 6.44. The van der Waals surface area contributed by atoms with E-state index in [2.05, 4.69) is 11.9 Å². The second kappa shape index (κ2) is 6.12. The third kappa shape index (κ3) is 2.97. The van der Waals surface area contributed by atoms with Crippen molar-refractivity contribution in [3.05, 3.63) is 0 Å². The number of carboxylic acid groups (broad SMARTS) is 1. The summed E-state index contributed by atoms with van der Waals surface area (Å²) in [5.41, 5.74) is 0. The number of piperidine rings is 2. The van der Waals surface area contributed by atoms with Crippen molar-refractivity contribution < 1.29 is 14.7 Å². The molecule has 2 aliphatic heterocycles. The maximum absolute atomic E-state index is 12.4. The minimum atomic E-state index is -0.891. The van der Waals surface area contributed by atoms with Gasteiger partial charge in [-0.3, -0.25) is 9.59 Å². The van der Waals surface area contributed by atoms with E-state index >= 15 is 0 Å². The van der Waals surface area contributed by atoms with Gasteiger partial charge in [0.25, 0.3) is 0 Å². The zero-order valence-electron chi connectivity index (χ0n) is 12.7. The lowest BCUT2D eigenvalue weighted by Crippen LogP contribution is -2.55. The first-order valence-electron chi connectivity index (χ1n) is 7.63. The molecule has 2 aliphatic rings. The Morgan fingerprint density at radius 2 is 1.85 bits per heavy atom. The Hall–Kier alpha value is -1.10. The van der Waals surface area contributed by atoms with Crippen LogP contribution in [0.1, 0.15) is 33.1 Å². The zero-order valence-corrected chi connectivity index (χ0v) is 12.7. The molecule has 1 amide bonds. The van der Waals surface area contributed by atoms with E-state index in [1.165, 1.54) is 12.8 Å². The maximum Gasteiger partial charge on any atom is 0.307 e. The Bertz CT molecular complexity index is 385. The molecule has 0 aliphatic carbocycles. The SMILES string of the molecule is CC(C(=O)O)C(C)C(=O)N1CCC2C(CCCN2C)C1. The van der Waals surface area contributed by atoms with Crippen molar-refractivity contribution in [2.24, 2.45) is 17.8 Å². The largest absolute Gasteiger partial charge is 0.481 e. The molecule has 114 valence electrons. The van der Waals surface area contributed by atoms with Gasteiger partial charge in [-0.2, -0.15) is 0 Å². The number of carbonyl (C=O) groups is 2. The van der Waals surface area contributed by atoms with E-state index in [9.17, 15) is 9.59 Å². The Morgan fingerprint density at radius 1 is 1.15 bits per heavy atom. The molecule has 0 aromatic rings. The van der Waals surface area contributed by atoms with Gasteiger partial charge in [0.15, 0.2) is 0 Å². The number of carboxylic acids is 1. The molecule has 0 aromatic heterocycles. The number of carbonyl (C=O) groups excluding carboxylic acids is 1. The quantitative estimate of drug-likeness (QED) is 0.847. The van der Waals surface area contributed by atoms with Gasteiger partial charge in [-0.25, -0.2) is 0 Å². The van der Waals surface area contributed by atoms with E-state index < -0.39 is 17.8 Å². The van der Waals surface area contributed by atoms with Gasteiger partial charge in [-0.05, 0) is 38.8 Å². The normalized spacial score (nSPS) is 30.4. The lowest BCUT2D eigenvalue weighted by molar-refractivity contribution is -0.150. The molecule has 0 aromatic carbocycles. The molecule has 2 saturated heterocycles. The average Bonchev–Trinajstić information content (AvgIpc) is 2.44. The molecule has 0 spiro atoms. The minimum absolute atomic E-state index is 0.00609. The van der Waals surface area contributed by atoms with Gasteiger partial charge in [0.05, 0.1) is 5.92 Å². The predicted octanol–water partition coefficient (Wildman–Crippen LogP) is 1.29. The van der Waals surface area contributed by atoms with E-state index in [0.717, 1.165) is 26.1 Å². The number of rotatable bonds is 3. The Balaban J connectivity index is 1.97. The molecule has 2 heterocycles. The van der Waals surface area contributed by atoms with Gasteiger partial charge >= 0.3 is 5.97 Å². The first kappa shape index (κ1) is 15.3. The Labute approximate surface area is 120 Å². The number of nitrogens with zero attached hydrogens (tertiary/aromatic N) is 2. The van der Waals surface area contributed by atoms with Gasteiger partial charge in [0.2, 0.25) is 5.91 Å². The fraction of sp³-hybridized carbons (Fsp3) is 0.867. The number of hydrogen-bond donors (Lipinski definition) is 1. The van der Waals surface area contributed by atoms with Crippen LogP contribution in [-0.4, -0.2) is 59.5 Å². The smallest absolute Gasteiger partial charge is 0.307 e. The number of likely N-dealkylation sites (tertiary alicyclic amines) is 2. The van der Waals surface area contributed by atoms with Crippen LogP contribution >= 0.6 is 0 Å². The van der Waals surface area contributed by atoms with Crippen LogP contribution in [0.2, 0.25) is 0 Å². The molecule has 2 rings (SSSR count). The third-order valence-electron chi connectivity index (χ3n) is 5.19. The van der Waals surface area contributed by atoms with Crippen molar-refractivity contribution in [1.82, 2.24) is 9.80 Å². The van der Waals surface area contributed by atoms with E-state index in [4.69, 9.17) is 5.11 Å². The molecule has 0 bridgehead atoms. The lowest BCUT2D eigenvalue weighted by atomic mass is 9.83. The molecule has 5 nitrogen and oxygen atoms in total. The van der Waals surface area contributed by atoms with Crippen molar-refractivity contribution in [3.8, 4) is 0 Å². The summed E-state index contributed by atoms with van der Waals surface area (Å²) >= 11 is 0. The van der Waals surface area contributed by atoms with Crippen LogP contribution < -0.4 is 0 Å². The van der Waals surface area contributed by atoms with Crippen molar-refractivity contribution in [1.29, 1.82) is 0 Å². The summed E-state index contributed by atoms with van der Waals surface area (Å²) in [6.07, 6.45) is 3.39. The summed E-state index contributed by atoms with van der Waals surface area (Å²) in [4.78, 5) is 27.8. The first-order valence-corrected chi connectivity index (χ1v) is 7.63. The summed E-state index contributed by atoms with van der Waals surface area (Å²) in [7, 11) is 2.17. The van der Waals surface area contributed by atoms with Gasteiger partial charge < -0.3 is 14.9 Å². The van der Waals surface area contributed by atoms with Gasteiger partial charge in [-0.1, -0.05) is 13.8 Å². The topological polar surface area (TPSA) is 60.9 Å². The molecule has 2 fully saturated rings. The van der Waals surface area contributed by atoms with Crippen LogP contribution in [0.4, 0.5) is 0 Å². The maximum atomic E-state index is 12.4. The number of aliphatic carboxylic acids is 1. The third-order valence-corrected chi connectivity index (χ3v) is 5.19. The van der Waals surface area contributed by atoms with Crippen molar-refractivity contribution in [2.45, 2.75) is 39.2 Å². The molecule has 20 heavy (non-hydrogen) atoms. The van der Waals surface area contributed by atoms with E-state index in [-0.39, 0.29) is 5.91 Å². The zero-order chi connectivity index (χ0) is 14.9. The standard InChI is InChI=1S/C15H26N2O3/c1-10(11(2)15(19)20)14(18)17-8-6-13-12(9-17)5-4-7-16(13)3/h10-13H,4-9H2,1-3H3,(H,19,20). The summed E-state index contributed by atoms with van der Waals surface area (Å²) in [5.74, 6) is -1.39. The molecule has 1 N–H and O–H groups in total. The van der Waals surface area contributed by atoms with Crippen LogP contribution in [0.15, 0.2) is 0 Å². The molecular formula is C15H26N2O3. The summed E-state index contributed by atoms with van der Waals surface area (Å²) in [6, 6.07) is 0.597. The molecular weight excluding hydrogens is 256 g/mol. The van der Waals surface area contributed by atoms with Crippen molar-refractivity contribution in [3.63, 3.8) is 0 Å². The van der Waals surface area contributed by atoms with Crippen LogP contribution in [0.25, 0.3) is 0 Å². The highest BCUT2D eigenvalue weighted by Gasteiger charge is 2.38. The van der Waals surface area contributed by atoms with Crippen LogP contribution in [0.5, 0.6) is 0 Å². The Morgan fingerprint density at radius 3 is 2.50 bits per heavy atom. The van der Waals surface area contributed by atoms with Gasteiger partial charge in [-0.15, -0.1) is 0 Å². The fourth-order valence-electron chi connectivity index (χ4n) is 3.57. The summed E-state index contributed by atoms with van der Waals surface area (Å²) in [5, 5.41) is 9.04. The molecule has 0 saturated carbocycles. The van der Waals surface area contributed by atoms with Crippen molar-refractivity contribution >= 4 is 11.9 Å². The highest BCUT2D eigenvalue weighted by molar-refractivity contribution is 5.84. The van der Waals surface area contributed by atoms with E-state index in [1.807, 2.05) is 4.90 Å². The highest BCUT2D eigenvalue weighted by Crippen LogP contribution is 2.30. The molecule has 4 unspecified atom stereocenters. The number of fused-ring (bicyclic) bond motifs is 1. The van der Waals surface area contributed by atoms with E-state index in [1.54, 1.807) is 13.8 Å². The average molecular weight is 282 g/mol. The van der Waals surface area contributed by atoms with Crippen LogP contribution in [0, 0.1) is 17.8 Å². The summed E-state index contributed by atoms with van der Waals surface area (Å²) in [6.45, 7) is 6.07. The number of hydrogen-bond acceptors (Lipinski definition) is 3. The molecule has 4 atom stereocenters. The second-order valence-corrected chi connectivity index (χ2v) is 6.44. The highest BCUT2D eigenvalue weighted by atomic mass is 16.4. The summed E-state index contributed by atoms with van der Waals surface area (Å²) < 4.78 is 0. The minimum Gasteiger partial charge on any atom is -0.481 e. The fourth-order valence-corrected chi connectivity index (χ4v) is 3.57. The monoisotopic (exact) mass is 282 g/mol. The van der Waals surface area contributed by atoms with Crippen LogP contribution in [-0.2, 0) is 9.59 Å². The van der Waals surface area contributed by atoms with Gasteiger partial charge in [0, 0.05) is 25.0 Å². The lowest BCUT2D eigenvalue weighted by Gasteiger charge is -2.46. The number of amides is 1. The van der Waals surface area contributed by atoms with Crippen molar-refractivity contribution in [2.75, 3.05) is 26.7 Å². The predicted molar refractivity (Wildman–Crippen MR) is 76.3 cm³/mol. The van der Waals surface area contributed by atoms with E-state index in [0.29, 0.717) is 12.0 Å². The molecule has 5 heteroatoms.